The Morgan fingerprint density at radius 3 is 2.48 bits per heavy atom. The maximum absolute atomic E-state index is 14.0. The number of alkyl halides is 3. The number of aliphatic carboxylic acids is 1. The fourth-order valence-electron chi connectivity index (χ4n) is 8.52. The van der Waals surface area contributed by atoms with Gasteiger partial charge in [-0.05, 0) is 66.8 Å². The van der Waals surface area contributed by atoms with E-state index in [0.29, 0.717) is 26.9 Å². The summed E-state index contributed by atoms with van der Waals surface area (Å²) in [5.41, 5.74) is -0.902. The Kier molecular flexibility index (Phi) is 8.83. The molecule has 7 rings (SSSR count). The Balaban J connectivity index is 1.22. The lowest BCUT2D eigenvalue weighted by Crippen LogP contribution is -2.47. The van der Waals surface area contributed by atoms with Crippen LogP contribution in [-0.2, 0) is 25.4 Å². The van der Waals surface area contributed by atoms with Gasteiger partial charge in [0.15, 0.2) is 6.61 Å². The van der Waals surface area contributed by atoms with Crippen molar-refractivity contribution in [2.45, 2.75) is 55.1 Å². The number of carboxylic acid groups (broad SMARTS) is 1. The van der Waals surface area contributed by atoms with Crippen LogP contribution < -0.4 is 14.9 Å². The number of aromatic amines is 1. The maximum Gasteiger partial charge on any atom is 0.418 e. The number of likely N-dealkylation sites (tertiary alicyclic amines) is 1. The molecule has 2 aromatic carbocycles. The number of carbonyl (C=O) groups is 4. The van der Waals surface area contributed by atoms with E-state index in [1.807, 2.05) is 13.8 Å². The minimum atomic E-state index is -4.69. The zero-order valence-electron chi connectivity index (χ0n) is 26.5. The number of H-pyrrole nitrogens is 1. The van der Waals surface area contributed by atoms with Crippen LogP contribution in [0.3, 0.4) is 0 Å². The van der Waals surface area contributed by atoms with Crippen molar-refractivity contribution in [3.63, 3.8) is 0 Å². The Bertz CT molecular complexity index is 1970. The van der Waals surface area contributed by atoms with Crippen LogP contribution in [0.5, 0.6) is 5.75 Å². The van der Waals surface area contributed by atoms with E-state index in [2.05, 4.69) is 10.3 Å². The molecule has 3 fully saturated rings. The number of para-hydroxylation sites is 1. The molecule has 4 aliphatic rings. The lowest BCUT2D eigenvalue weighted by Gasteiger charge is -2.43. The fourth-order valence-corrected chi connectivity index (χ4v) is 11.6. The highest BCUT2D eigenvalue weighted by Gasteiger charge is 2.70. The lowest BCUT2D eigenvalue weighted by molar-refractivity contribution is -0.156. The molecule has 3 amide bonds. The van der Waals surface area contributed by atoms with Gasteiger partial charge in [-0.1, -0.05) is 48.9 Å². The molecule has 2 aliphatic carbocycles. The zero-order chi connectivity index (χ0) is 35.8. The molecule has 0 spiro atoms. The van der Waals surface area contributed by atoms with Crippen LogP contribution in [0.4, 0.5) is 18.9 Å². The van der Waals surface area contributed by atoms with E-state index < -0.39 is 71.5 Å². The number of imide groups is 1. The smallest absolute Gasteiger partial charge is 0.418 e. The number of thioether (sulfide) groups is 1. The number of carbonyl (C=O) groups excluding carboxylic acids is 3. The van der Waals surface area contributed by atoms with Crippen molar-refractivity contribution in [2.24, 2.45) is 35.5 Å². The van der Waals surface area contributed by atoms with Gasteiger partial charge in [0.1, 0.15) is 11.8 Å². The molecular formula is C34H31ClF3N3O7S2. The van der Waals surface area contributed by atoms with Gasteiger partial charge in [0.25, 0.3) is 5.91 Å². The fraction of sp³-hybridized carbons (Fsp3) is 0.441. The zero-order valence-corrected chi connectivity index (χ0v) is 28.9. The minimum absolute atomic E-state index is 0.0769. The highest BCUT2D eigenvalue weighted by atomic mass is 35.5. The molecule has 1 saturated heterocycles. The minimum Gasteiger partial charge on any atom is -0.483 e. The van der Waals surface area contributed by atoms with Gasteiger partial charge in [-0.2, -0.15) is 13.2 Å². The van der Waals surface area contributed by atoms with E-state index >= 15 is 0 Å². The van der Waals surface area contributed by atoms with Crippen molar-refractivity contribution in [3.8, 4) is 5.75 Å². The molecule has 3 aromatic rings. The van der Waals surface area contributed by atoms with Gasteiger partial charge in [-0.3, -0.25) is 24.1 Å². The SMILES string of the molecule is CC(C)CC(C(=O)O)N1C(=O)C2C3CC(C2C1=O)C1C3Sc2[nH]c(=O)sc2[C@@H]1c1cc(Cl)ccc1OCC(=O)Nc1ccccc1C(F)(F)F. The van der Waals surface area contributed by atoms with E-state index in [4.69, 9.17) is 16.3 Å². The number of nitrogens with zero attached hydrogens (tertiary/aromatic N) is 1. The number of rotatable bonds is 9. The molecule has 7 unspecified atom stereocenters. The topological polar surface area (TPSA) is 146 Å². The van der Waals surface area contributed by atoms with Crippen molar-refractivity contribution in [1.29, 1.82) is 0 Å². The molecule has 0 radical (unpaired) electrons. The average molecular weight is 750 g/mol. The number of benzene rings is 2. The second kappa shape index (κ2) is 12.7. The van der Waals surface area contributed by atoms with Gasteiger partial charge < -0.3 is 20.1 Å². The molecule has 264 valence electrons. The van der Waals surface area contributed by atoms with Crippen LogP contribution in [0.2, 0.25) is 5.02 Å². The van der Waals surface area contributed by atoms with Gasteiger partial charge in [-0.25, -0.2) is 4.79 Å². The first-order chi connectivity index (χ1) is 23.6. The van der Waals surface area contributed by atoms with Crippen LogP contribution in [0.15, 0.2) is 52.3 Å². The first-order valence-corrected chi connectivity index (χ1v) is 18.1. The molecule has 16 heteroatoms. The molecule has 1 aromatic heterocycles. The number of ether oxygens (including phenoxy) is 1. The van der Waals surface area contributed by atoms with Crippen LogP contribution in [0, 0.1) is 35.5 Å². The number of thiazole rings is 1. The number of halogens is 4. The Hall–Kier alpha value is -3.82. The third kappa shape index (κ3) is 5.80. The molecular weight excluding hydrogens is 719 g/mol. The second-order valence-electron chi connectivity index (χ2n) is 13.6. The van der Waals surface area contributed by atoms with Crippen molar-refractivity contribution < 1.29 is 42.2 Å². The van der Waals surface area contributed by atoms with Gasteiger partial charge in [0, 0.05) is 26.6 Å². The summed E-state index contributed by atoms with van der Waals surface area (Å²) in [7, 11) is 0. The molecule has 10 nitrogen and oxygen atoms in total. The molecule has 3 N–H and O–H groups in total. The van der Waals surface area contributed by atoms with E-state index in [-0.39, 0.29) is 46.0 Å². The summed E-state index contributed by atoms with van der Waals surface area (Å²) in [4.78, 5) is 70.1. The average Bonchev–Trinajstić information content (AvgIpc) is 3.77. The number of hydrogen-bond donors (Lipinski definition) is 3. The van der Waals surface area contributed by atoms with Crippen LogP contribution in [-0.4, -0.2) is 56.6 Å². The van der Waals surface area contributed by atoms with Crippen molar-refractivity contribution in [2.75, 3.05) is 11.9 Å². The van der Waals surface area contributed by atoms with Gasteiger partial charge in [0.05, 0.1) is 28.1 Å². The lowest BCUT2D eigenvalue weighted by atomic mass is 9.68. The van der Waals surface area contributed by atoms with E-state index in [9.17, 15) is 42.3 Å². The number of carboxylic acids is 1. The van der Waals surface area contributed by atoms with Crippen LogP contribution in [0.1, 0.15) is 48.6 Å². The number of anilines is 1. The molecule has 8 atom stereocenters. The van der Waals surface area contributed by atoms with Gasteiger partial charge in [-0.15, -0.1) is 11.8 Å². The Morgan fingerprint density at radius 1 is 1.10 bits per heavy atom. The standard InChI is InChI=1S/C34H31ClF3N3O7S2/c1-13(2)9-20(32(45)46)41-30(43)25-16-11-17(26(25)31(41)44)27-24(16)23(28-29(49-27)40-33(47)50-28)15-10-14(35)7-8-21(15)48-12-22(42)39-19-6-4-3-5-18(19)34(36,37)38/h3-8,10,13,16-17,20,23-27H,9,11-12H2,1-2H3,(H,39,42)(H,40,47)(H,45,46)/t16?,17?,20?,23-,24?,25?,26?,27?/m1/s1. The summed E-state index contributed by atoms with van der Waals surface area (Å²) in [6, 6.07) is 8.06. The van der Waals surface area contributed by atoms with E-state index in [0.717, 1.165) is 28.4 Å². The van der Waals surface area contributed by atoms with Crippen molar-refractivity contribution >= 4 is 64.1 Å². The third-order valence-electron chi connectivity index (χ3n) is 10.2. The summed E-state index contributed by atoms with van der Waals surface area (Å²) in [5.74, 6) is -5.74. The number of aromatic nitrogens is 1. The van der Waals surface area contributed by atoms with E-state index in [1.54, 1.807) is 18.2 Å². The number of amides is 3. The summed E-state index contributed by atoms with van der Waals surface area (Å²) < 4.78 is 46.5. The third-order valence-corrected chi connectivity index (χ3v) is 13.0. The molecule has 2 saturated carbocycles. The second-order valence-corrected chi connectivity index (χ2v) is 16.2. The molecule has 50 heavy (non-hydrogen) atoms. The summed E-state index contributed by atoms with van der Waals surface area (Å²) in [6.45, 7) is 3.02. The number of nitrogens with one attached hydrogen (secondary N) is 2. The molecule has 3 heterocycles. The summed E-state index contributed by atoms with van der Waals surface area (Å²) >= 11 is 8.95. The van der Waals surface area contributed by atoms with Gasteiger partial charge in [0.2, 0.25) is 11.8 Å². The van der Waals surface area contributed by atoms with Gasteiger partial charge >= 0.3 is 17.0 Å². The highest BCUT2D eigenvalue weighted by Crippen LogP contribution is 2.69. The number of fused-ring (bicyclic) bond motifs is 9. The highest BCUT2D eigenvalue weighted by molar-refractivity contribution is 8.00. The predicted molar refractivity (Wildman–Crippen MR) is 178 cm³/mol. The molecule has 2 bridgehead atoms. The van der Waals surface area contributed by atoms with Crippen molar-refractivity contribution in [1.82, 2.24) is 9.88 Å². The summed E-state index contributed by atoms with van der Waals surface area (Å²) in [6.07, 6.45) is -4.01. The van der Waals surface area contributed by atoms with Crippen molar-refractivity contribution in [3.05, 3.63) is 73.2 Å². The van der Waals surface area contributed by atoms with Crippen LogP contribution in [0.25, 0.3) is 0 Å². The number of hydrogen-bond acceptors (Lipinski definition) is 8. The quantitative estimate of drug-likeness (QED) is 0.223. The largest absolute Gasteiger partial charge is 0.483 e. The Labute approximate surface area is 296 Å². The normalized spacial score (nSPS) is 27.3. The summed E-state index contributed by atoms with van der Waals surface area (Å²) in [5, 5.41) is 13.0. The van der Waals surface area contributed by atoms with E-state index in [1.165, 1.54) is 23.9 Å². The first-order valence-electron chi connectivity index (χ1n) is 16.0. The first kappa shape index (κ1) is 34.6. The maximum atomic E-state index is 14.0. The molecule has 2 aliphatic heterocycles. The monoisotopic (exact) mass is 749 g/mol. The Morgan fingerprint density at radius 2 is 1.80 bits per heavy atom. The predicted octanol–water partition coefficient (Wildman–Crippen LogP) is 6.10. The van der Waals surface area contributed by atoms with Crippen LogP contribution >= 0.6 is 34.7 Å².